The quantitative estimate of drug-likeness (QED) is 0.657. The Balaban J connectivity index is 2.02. The number of hydrogen-bond acceptors (Lipinski definition) is 4. The lowest BCUT2D eigenvalue weighted by atomic mass is 10.2. The van der Waals surface area contributed by atoms with E-state index in [4.69, 9.17) is 16.3 Å². The predicted molar refractivity (Wildman–Crippen MR) is 69.5 cm³/mol. The number of benzene rings is 1. The van der Waals surface area contributed by atoms with Gasteiger partial charge in [-0.25, -0.2) is 4.79 Å². The zero-order chi connectivity index (χ0) is 13.8. The molecule has 1 fully saturated rings. The minimum absolute atomic E-state index is 0.0440. The first-order valence-electron chi connectivity index (χ1n) is 5.65. The molecule has 0 radical (unpaired) electrons. The summed E-state index contributed by atoms with van der Waals surface area (Å²) in [7, 11) is 0. The Kier molecular flexibility index (Phi) is 4.18. The van der Waals surface area contributed by atoms with E-state index in [1.165, 1.54) is 18.2 Å². The standard InChI is InChI=1S/C11H12ClN3O4/c12-9-2-1-8(15(17)18)5-10(9)14-11(16)13-7-3-4-19-6-7/h1-2,5,7H,3-4,6H2,(H2,13,14,16). The third-order valence-corrected chi connectivity index (χ3v) is 3.00. The fourth-order valence-corrected chi connectivity index (χ4v) is 1.88. The van der Waals surface area contributed by atoms with Gasteiger partial charge in [0.1, 0.15) is 0 Å². The van der Waals surface area contributed by atoms with Crippen LogP contribution in [0.1, 0.15) is 6.42 Å². The predicted octanol–water partition coefficient (Wildman–Crippen LogP) is 2.16. The monoisotopic (exact) mass is 285 g/mol. The summed E-state index contributed by atoms with van der Waals surface area (Å²) < 4.78 is 5.12. The van der Waals surface area contributed by atoms with Gasteiger partial charge in [0.15, 0.2) is 0 Å². The van der Waals surface area contributed by atoms with Gasteiger partial charge in [-0.15, -0.1) is 0 Å². The molecule has 8 heteroatoms. The van der Waals surface area contributed by atoms with Crippen LogP contribution in [0.15, 0.2) is 18.2 Å². The van der Waals surface area contributed by atoms with Crippen molar-refractivity contribution in [1.29, 1.82) is 0 Å². The molecular formula is C11H12ClN3O4. The maximum Gasteiger partial charge on any atom is 0.319 e. The normalized spacial score (nSPS) is 18.1. The van der Waals surface area contributed by atoms with Crippen LogP contribution in [-0.4, -0.2) is 30.2 Å². The molecule has 1 aliphatic heterocycles. The SMILES string of the molecule is O=C(Nc1cc([N+](=O)[O-])ccc1Cl)NC1CCOC1. The number of amides is 2. The minimum Gasteiger partial charge on any atom is -0.379 e. The fraction of sp³-hybridized carbons (Fsp3) is 0.364. The summed E-state index contributed by atoms with van der Waals surface area (Å²) >= 11 is 5.87. The Bertz CT molecular complexity index is 503. The number of nitrogens with one attached hydrogen (secondary N) is 2. The van der Waals surface area contributed by atoms with Crippen LogP contribution in [0.2, 0.25) is 5.02 Å². The number of ether oxygens (including phenoxy) is 1. The highest BCUT2D eigenvalue weighted by Crippen LogP contribution is 2.26. The molecule has 0 bridgehead atoms. The first-order valence-corrected chi connectivity index (χ1v) is 6.03. The van der Waals surface area contributed by atoms with Gasteiger partial charge in [-0.2, -0.15) is 0 Å². The van der Waals surface area contributed by atoms with Crippen LogP contribution in [0.3, 0.4) is 0 Å². The van der Waals surface area contributed by atoms with Crippen molar-refractivity contribution in [3.63, 3.8) is 0 Å². The van der Waals surface area contributed by atoms with Crippen LogP contribution in [0.5, 0.6) is 0 Å². The number of nitrogens with zero attached hydrogens (tertiary/aromatic N) is 1. The Morgan fingerprint density at radius 3 is 2.95 bits per heavy atom. The Morgan fingerprint density at radius 1 is 1.53 bits per heavy atom. The Labute approximate surface area is 114 Å². The molecule has 1 saturated heterocycles. The molecule has 2 amide bonds. The van der Waals surface area contributed by atoms with E-state index >= 15 is 0 Å². The number of hydrogen-bond donors (Lipinski definition) is 2. The summed E-state index contributed by atoms with van der Waals surface area (Å²) in [6.07, 6.45) is 0.746. The Hall–Kier alpha value is -1.86. The van der Waals surface area contributed by atoms with Crippen molar-refractivity contribution >= 4 is 29.0 Å². The number of non-ortho nitro benzene ring substituents is 1. The number of anilines is 1. The number of nitro groups is 1. The fourth-order valence-electron chi connectivity index (χ4n) is 1.71. The molecule has 1 aromatic carbocycles. The van der Waals surface area contributed by atoms with E-state index in [0.717, 1.165) is 6.42 Å². The van der Waals surface area contributed by atoms with E-state index in [1.54, 1.807) is 0 Å². The third kappa shape index (κ3) is 3.55. The van der Waals surface area contributed by atoms with E-state index in [-0.39, 0.29) is 22.4 Å². The summed E-state index contributed by atoms with van der Waals surface area (Å²) in [6.45, 7) is 1.08. The zero-order valence-corrected chi connectivity index (χ0v) is 10.6. The molecule has 1 heterocycles. The van der Waals surface area contributed by atoms with Gasteiger partial charge in [0, 0.05) is 18.7 Å². The van der Waals surface area contributed by atoms with Crippen molar-refractivity contribution in [3.05, 3.63) is 33.3 Å². The molecular weight excluding hydrogens is 274 g/mol. The number of nitro benzene ring substituents is 1. The Morgan fingerprint density at radius 2 is 2.32 bits per heavy atom. The molecule has 1 aromatic rings. The summed E-state index contributed by atoms with van der Waals surface area (Å²) in [4.78, 5) is 21.8. The lowest BCUT2D eigenvalue weighted by molar-refractivity contribution is -0.384. The van der Waals surface area contributed by atoms with E-state index in [9.17, 15) is 14.9 Å². The number of carbonyl (C=O) groups excluding carboxylic acids is 1. The van der Waals surface area contributed by atoms with Crippen LogP contribution in [0.4, 0.5) is 16.2 Å². The average Bonchev–Trinajstić information content (AvgIpc) is 2.84. The largest absolute Gasteiger partial charge is 0.379 e. The zero-order valence-electron chi connectivity index (χ0n) is 9.89. The summed E-state index contributed by atoms with van der Waals surface area (Å²) in [5.41, 5.74) is 0.0659. The molecule has 2 rings (SSSR count). The van der Waals surface area contributed by atoms with Crippen LogP contribution < -0.4 is 10.6 Å². The number of urea groups is 1. The van der Waals surface area contributed by atoms with E-state index in [0.29, 0.717) is 13.2 Å². The highest BCUT2D eigenvalue weighted by molar-refractivity contribution is 6.33. The molecule has 1 atom stereocenters. The number of rotatable bonds is 3. The first-order chi connectivity index (χ1) is 9.06. The van der Waals surface area contributed by atoms with Gasteiger partial charge in [-0.05, 0) is 12.5 Å². The van der Waals surface area contributed by atoms with Gasteiger partial charge in [-0.1, -0.05) is 11.6 Å². The van der Waals surface area contributed by atoms with Crippen molar-refractivity contribution in [1.82, 2.24) is 5.32 Å². The molecule has 0 aromatic heterocycles. The van der Waals surface area contributed by atoms with Gasteiger partial charge in [0.2, 0.25) is 0 Å². The van der Waals surface area contributed by atoms with Gasteiger partial charge in [-0.3, -0.25) is 10.1 Å². The van der Waals surface area contributed by atoms with Gasteiger partial charge in [0.05, 0.1) is 28.3 Å². The van der Waals surface area contributed by atoms with Gasteiger partial charge < -0.3 is 15.4 Å². The van der Waals surface area contributed by atoms with Crippen molar-refractivity contribution in [2.45, 2.75) is 12.5 Å². The van der Waals surface area contributed by atoms with Gasteiger partial charge >= 0.3 is 6.03 Å². The summed E-state index contributed by atoms with van der Waals surface area (Å²) in [6, 6.07) is 3.35. The van der Waals surface area contributed by atoms with E-state index < -0.39 is 11.0 Å². The van der Waals surface area contributed by atoms with Crippen LogP contribution >= 0.6 is 11.6 Å². The van der Waals surface area contributed by atoms with E-state index in [2.05, 4.69) is 10.6 Å². The lowest BCUT2D eigenvalue weighted by Crippen LogP contribution is -2.38. The van der Waals surface area contributed by atoms with E-state index in [1.807, 2.05) is 0 Å². The first kappa shape index (κ1) is 13.6. The number of halogens is 1. The lowest BCUT2D eigenvalue weighted by Gasteiger charge is -2.12. The van der Waals surface area contributed by atoms with Crippen molar-refractivity contribution in [2.24, 2.45) is 0 Å². The molecule has 7 nitrogen and oxygen atoms in total. The maximum absolute atomic E-state index is 11.7. The molecule has 1 unspecified atom stereocenters. The smallest absolute Gasteiger partial charge is 0.319 e. The van der Waals surface area contributed by atoms with Crippen LogP contribution in [-0.2, 0) is 4.74 Å². The summed E-state index contributed by atoms with van der Waals surface area (Å²) in [5, 5.41) is 16.1. The second kappa shape index (κ2) is 5.85. The maximum atomic E-state index is 11.7. The van der Waals surface area contributed by atoms with Crippen LogP contribution in [0, 0.1) is 10.1 Å². The summed E-state index contributed by atoms with van der Waals surface area (Å²) in [5.74, 6) is 0. The minimum atomic E-state index is -0.551. The second-order valence-corrected chi connectivity index (χ2v) is 4.49. The molecule has 2 N–H and O–H groups in total. The van der Waals surface area contributed by atoms with Crippen molar-refractivity contribution < 1.29 is 14.5 Å². The molecule has 0 aliphatic carbocycles. The molecule has 19 heavy (non-hydrogen) atoms. The molecule has 0 spiro atoms. The molecule has 0 saturated carbocycles. The highest BCUT2D eigenvalue weighted by atomic mass is 35.5. The van der Waals surface area contributed by atoms with Crippen molar-refractivity contribution in [3.8, 4) is 0 Å². The van der Waals surface area contributed by atoms with Gasteiger partial charge in [0.25, 0.3) is 5.69 Å². The van der Waals surface area contributed by atoms with Crippen LogP contribution in [0.25, 0.3) is 0 Å². The molecule has 1 aliphatic rings. The highest BCUT2D eigenvalue weighted by Gasteiger charge is 2.18. The molecule has 102 valence electrons. The van der Waals surface area contributed by atoms with Crippen molar-refractivity contribution in [2.75, 3.05) is 18.5 Å². The topological polar surface area (TPSA) is 93.5 Å². The average molecular weight is 286 g/mol. The number of carbonyl (C=O) groups is 1. The second-order valence-electron chi connectivity index (χ2n) is 4.08. The third-order valence-electron chi connectivity index (χ3n) is 2.67.